The summed E-state index contributed by atoms with van der Waals surface area (Å²) in [5, 5.41) is 12.1. The Labute approximate surface area is 101 Å². The van der Waals surface area contributed by atoms with Crippen LogP contribution in [0.3, 0.4) is 0 Å². The first kappa shape index (κ1) is 16.7. The fourth-order valence-corrected chi connectivity index (χ4v) is 1.42. The predicted molar refractivity (Wildman–Crippen MR) is 61.9 cm³/mol. The predicted octanol–water partition coefficient (Wildman–Crippen LogP) is 1.62. The van der Waals surface area contributed by atoms with Crippen molar-refractivity contribution in [2.75, 3.05) is 26.7 Å². The number of rotatable bonds is 7. The van der Waals surface area contributed by atoms with Gasteiger partial charge in [0.05, 0.1) is 13.2 Å². The molecule has 0 rings (SSSR count). The van der Waals surface area contributed by atoms with Gasteiger partial charge in [-0.05, 0) is 34.2 Å². The molecule has 0 fully saturated rings. The van der Waals surface area contributed by atoms with Gasteiger partial charge in [-0.25, -0.2) is 0 Å². The van der Waals surface area contributed by atoms with Crippen molar-refractivity contribution >= 4 is 0 Å². The highest BCUT2D eigenvalue weighted by Gasteiger charge is 2.32. The number of nitrogens with one attached hydrogen (secondary N) is 1. The van der Waals surface area contributed by atoms with Gasteiger partial charge in [-0.1, -0.05) is 0 Å². The van der Waals surface area contributed by atoms with Crippen LogP contribution in [-0.4, -0.2) is 54.5 Å². The molecule has 0 radical (unpaired) electrons. The van der Waals surface area contributed by atoms with Crippen LogP contribution in [0.1, 0.15) is 27.2 Å². The number of alkyl halides is 3. The Morgan fingerprint density at radius 3 is 2.12 bits per heavy atom. The Morgan fingerprint density at radius 1 is 1.29 bits per heavy atom. The van der Waals surface area contributed by atoms with Crippen LogP contribution in [-0.2, 0) is 0 Å². The van der Waals surface area contributed by atoms with Crippen LogP contribution in [0.5, 0.6) is 0 Å². The summed E-state index contributed by atoms with van der Waals surface area (Å²) < 4.78 is 37.0. The van der Waals surface area contributed by atoms with Gasteiger partial charge < -0.3 is 10.4 Å². The lowest BCUT2D eigenvalue weighted by atomic mass is 9.99. The number of hydrogen-bond acceptors (Lipinski definition) is 3. The number of hydrogen-bond donors (Lipinski definition) is 2. The molecule has 0 amide bonds. The lowest BCUT2D eigenvalue weighted by molar-refractivity contribution is -0.150. The van der Waals surface area contributed by atoms with Crippen LogP contribution in [0.2, 0.25) is 0 Å². The van der Waals surface area contributed by atoms with Crippen LogP contribution < -0.4 is 5.32 Å². The zero-order valence-electron chi connectivity index (χ0n) is 10.9. The Kier molecular flexibility index (Phi) is 6.43. The van der Waals surface area contributed by atoms with Crippen molar-refractivity contribution in [3.63, 3.8) is 0 Å². The van der Waals surface area contributed by atoms with Crippen molar-refractivity contribution in [1.29, 1.82) is 0 Å². The van der Waals surface area contributed by atoms with E-state index in [4.69, 9.17) is 5.11 Å². The molecule has 3 nitrogen and oxygen atoms in total. The Hall–Kier alpha value is -0.330. The summed E-state index contributed by atoms with van der Waals surface area (Å²) in [4.78, 5) is 1.37. The maximum atomic E-state index is 12.3. The molecule has 0 aromatic rings. The zero-order chi connectivity index (χ0) is 13.7. The van der Waals surface area contributed by atoms with Crippen LogP contribution in [0.4, 0.5) is 13.2 Å². The number of nitrogens with zero attached hydrogens (tertiary/aromatic N) is 1. The normalized spacial score (nSPS) is 16.6. The lowest BCUT2D eigenvalue weighted by Gasteiger charge is -2.33. The van der Waals surface area contributed by atoms with E-state index in [1.54, 1.807) is 27.8 Å². The smallest absolute Gasteiger partial charge is 0.394 e. The molecule has 0 aliphatic heterocycles. The van der Waals surface area contributed by atoms with Crippen molar-refractivity contribution in [2.45, 2.75) is 44.9 Å². The van der Waals surface area contributed by atoms with Crippen molar-refractivity contribution in [1.82, 2.24) is 10.2 Å². The maximum absolute atomic E-state index is 12.3. The Morgan fingerprint density at radius 2 is 1.82 bits per heavy atom. The third-order valence-corrected chi connectivity index (χ3v) is 3.02. The molecular weight excluding hydrogens is 233 g/mol. The SMILES string of the molecule is CNC(C)(CO)CCN(CC(F)(F)F)C(C)C. The van der Waals surface area contributed by atoms with Crippen LogP contribution in [0.25, 0.3) is 0 Å². The average molecular weight is 256 g/mol. The van der Waals surface area contributed by atoms with Gasteiger partial charge in [0.1, 0.15) is 0 Å². The molecule has 1 atom stereocenters. The summed E-state index contributed by atoms with van der Waals surface area (Å²) in [5.74, 6) is 0. The highest BCUT2D eigenvalue weighted by atomic mass is 19.4. The number of aliphatic hydroxyl groups excluding tert-OH is 1. The molecule has 0 aliphatic carbocycles. The van der Waals surface area contributed by atoms with Gasteiger partial charge in [-0.3, -0.25) is 4.90 Å². The van der Waals surface area contributed by atoms with E-state index in [1.165, 1.54) is 4.90 Å². The first-order valence-corrected chi connectivity index (χ1v) is 5.74. The third kappa shape index (κ3) is 6.85. The minimum Gasteiger partial charge on any atom is -0.394 e. The first-order valence-electron chi connectivity index (χ1n) is 5.74. The van der Waals surface area contributed by atoms with E-state index in [0.717, 1.165) is 0 Å². The van der Waals surface area contributed by atoms with E-state index in [2.05, 4.69) is 5.32 Å². The van der Waals surface area contributed by atoms with E-state index < -0.39 is 18.3 Å². The molecule has 0 spiro atoms. The molecule has 2 N–H and O–H groups in total. The summed E-state index contributed by atoms with van der Waals surface area (Å²) >= 11 is 0. The van der Waals surface area contributed by atoms with E-state index >= 15 is 0 Å². The highest BCUT2D eigenvalue weighted by molar-refractivity contribution is 4.82. The van der Waals surface area contributed by atoms with Crippen LogP contribution in [0, 0.1) is 0 Å². The molecule has 0 aromatic heterocycles. The number of halogens is 3. The van der Waals surface area contributed by atoms with E-state index in [1.807, 2.05) is 0 Å². The maximum Gasteiger partial charge on any atom is 0.401 e. The fraction of sp³-hybridized carbons (Fsp3) is 1.00. The lowest BCUT2D eigenvalue weighted by Crippen LogP contribution is -2.48. The first-order chi connectivity index (χ1) is 7.63. The van der Waals surface area contributed by atoms with Crippen LogP contribution >= 0.6 is 0 Å². The molecule has 17 heavy (non-hydrogen) atoms. The quantitative estimate of drug-likeness (QED) is 0.726. The topological polar surface area (TPSA) is 35.5 Å². The standard InChI is InChI=1S/C11H23F3N2O/c1-9(2)16(7-11(12,13)14)6-5-10(3,8-17)15-4/h9,15,17H,5-8H2,1-4H3. The van der Waals surface area contributed by atoms with Gasteiger partial charge in [-0.15, -0.1) is 0 Å². The van der Waals surface area contributed by atoms with Crippen molar-refractivity contribution in [2.24, 2.45) is 0 Å². The van der Waals surface area contributed by atoms with Gasteiger partial charge in [0.15, 0.2) is 0 Å². The Bertz CT molecular complexity index is 215. The van der Waals surface area contributed by atoms with Crippen LogP contribution in [0.15, 0.2) is 0 Å². The highest BCUT2D eigenvalue weighted by Crippen LogP contribution is 2.19. The summed E-state index contributed by atoms with van der Waals surface area (Å²) in [6, 6.07) is -0.170. The number of likely N-dealkylation sites (N-methyl/N-ethyl adjacent to an activating group) is 1. The monoisotopic (exact) mass is 256 g/mol. The van der Waals surface area contributed by atoms with E-state index in [-0.39, 0.29) is 12.6 Å². The van der Waals surface area contributed by atoms with E-state index in [9.17, 15) is 13.2 Å². The Balaban J connectivity index is 4.37. The molecule has 0 aliphatic rings. The molecule has 0 saturated heterocycles. The fourth-order valence-electron chi connectivity index (χ4n) is 1.42. The van der Waals surface area contributed by atoms with Crippen molar-refractivity contribution < 1.29 is 18.3 Å². The minimum absolute atomic E-state index is 0.0958. The molecule has 6 heteroatoms. The summed E-state index contributed by atoms with van der Waals surface area (Å²) in [6.45, 7) is 4.56. The van der Waals surface area contributed by atoms with Gasteiger partial charge in [0, 0.05) is 18.1 Å². The summed E-state index contributed by atoms with van der Waals surface area (Å²) in [7, 11) is 1.69. The van der Waals surface area contributed by atoms with Crippen molar-refractivity contribution in [3.05, 3.63) is 0 Å². The van der Waals surface area contributed by atoms with E-state index in [0.29, 0.717) is 13.0 Å². The molecule has 0 heterocycles. The zero-order valence-corrected chi connectivity index (χ0v) is 10.9. The second-order valence-corrected chi connectivity index (χ2v) is 4.90. The average Bonchev–Trinajstić information content (AvgIpc) is 2.22. The second-order valence-electron chi connectivity index (χ2n) is 4.90. The second kappa shape index (κ2) is 6.56. The summed E-state index contributed by atoms with van der Waals surface area (Å²) in [5.41, 5.74) is -0.529. The number of aliphatic hydroxyl groups is 1. The van der Waals surface area contributed by atoms with Gasteiger partial charge in [0.2, 0.25) is 0 Å². The molecule has 1 unspecified atom stereocenters. The molecule has 0 saturated carbocycles. The molecule has 0 bridgehead atoms. The third-order valence-electron chi connectivity index (χ3n) is 3.02. The van der Waals surface area contributed by atoms with Crippen molar-refractivity contribution in [3.8, 4) is 0 Å². The minimum atomic E-state index is -4.18. The molecule has 104 valence electrons. The van der Waals surface area contributed by atoms with Gasteiger partial charge >= 0.3 is 6.18 Å². The largest absolute Gasteiger partial charge is 0.401 e. The molecular formula is C11H23F3N2O. The van der Waals surface area contributed by atoms with Gasteiger partial charge in [-0.2, -0.15) is 13.2 Å². The van der Waals surface area contributed by atoms with Gasteiger partial charge in [0.25, 0.3) is 0 Å². The molecule has 0 aromatic carbocycles. The summed E-state index contributed by atoms with van der Waals surface area (Å²) in [6.07, 6.45) is -3.71.